The van der Waals surface area contributed by atoms with Crippen LogP contribution >= 0.6 is 15.9 Å². The summed E-state index contributed by atoms with van der Waals surface area (Å²) in [5.74, 6) is 0.259. The number of aromatic amines is 1. The lowest BCUT2D eigenvalue weighted by atomic mass is 10.1. The van der Waals surface area contributed by atoms with Crippen molar-refractivity contribution in [3.05, 3.63) is 32.8 Å². The molecule has 2 aromatic rings. The van der Waals surface area contributed by atoms with Gasteiger partial charge in [-0.25, -0.2) is 9.50 Å². The van der Waals surface area contributed by atoms with Crippen LogP contribution in [-0.2, 0) is 0 Å². The van der Waals surface area contributed by atoms with E-state index >= 15 is 0 Å². The molecule has 1 N–H and O–H groups in total. The van der Waals surface area contributed by atoms with E-state index in [1.165, 1.54) is 4.52 Å². The Labute approximate surface area is 89.1 Å². The first kappa shape index (κ1) is 9.45. The van der Waals surface area contributed by atoms with Gasteiger partial charge >= 0.3 is 0 Å². The van der Waals surface area contributed by atoms with Crippen LogP contribution < -0.4 is 5.56 Å². The van der Waals surface area contributed by atoms with E-state index in [2.05, 4.69) is 26.0 Å². The summed E-state index contributed by atoms with van der Waals surface area (Å²) in [6.07, 6.45) is 1.70. The summed E-state index contributed by atoms with van der Waals surface area (Å²) >= 11 is 3.33. The van der Waals surface area contributed by atoms with Crippen LogP contribution in [0.5, 0.6) is 0 Å². The van der Waals surface area contributed by atoms with E-state index < -0.39 is 0 Å². The standard InChI is InChI=1S/C9H10BrN3O/c1-5(2)7-3-8(14)13-9(12-7)6(10)4-11-13/h3-5,11H,1-2H3. The molecule has 2 rings (SSSR count). The van der Waals surface area contributed by atoms with Crippen molar-refractivity contribution in [2.75, 3.05) is 0 Å². The molecular formula is C9H10BrN3O. The number of aromatic nitrogens is 3. The Kier molecular flexibility index (Phi) is 2.19. The minimum Gasteiger partial charge on any atom is -0.296 e. The fourth-order valence-electron chi connectivity index (χ4n) is 1.27. The van der Waals surface area contributed by atoms with Gasteiger partial charge in [0.15, 0.2) is 5.65 Å². The van der Waals surface area contributed by atoms with Crippen LogP contribution in [0, 0.1) is 0 Å². The minimum atomic E-state index is -0.0793. The van der Waals surface area contributed by atoms with Crippen molar-refractivity contribution in [3.8, 4) is 0 Å². The average Bonchev–Trinajstić information content (AvgIpc) is 2.48. The van der Waals surface area contributed by atoms with Crippen LogP contribution in [0.25, 0.3) is 5.65 Å². The first-order chi connectivity index (χ1) is 6.59. The van der Waals surface area contributed by atoms with Gasteiger partial charge in [0.2, 0.25) is 0 Å². The Morgan fingerprint density at radius 1 is 1.57 bits per heavy atom. The molecule has 0 radical (unpaired) electrons. The van der Waals surface area contributed by atoms with Crippen molar-refractivity contribution in [3.63, 3.8) is 0 Å². The van der Waals surface area contributed by atoms with Crippen LogP contribution in [0.15, 0.2) is 21.5 Å². The number of hydrogen-bond donors (Lipinski definition) is 1. The molecule has 0 aliphatic heterocycles. The third kappa shape index (κ3) is 1.37. The van der Waals surface area contributed by atoms with Gasteiger partial charge < -0.3 is 0 Å². The SMILES string of the molecule is CC(C)c1cc(=O)n2[nH]cc(Br)c2n1. The van der Waals surface area contributed by atoms with E-state index in [0.717, 1.165) is 10.2 Å². The predicted molar refractivity (Wildman–Crippen MR) is 57.6 cm³/mol. The summed E-state index contributed by atoms with van der Waals surface area (Å²) in [4.78, 5) is 16.0. The van der Waals surface area contributed by atoms with Crippen molar-refractivity contribution in [1.29, 1.82) is 0 Å². The Balaban J connectivity index is 2.82. The second-order valence-corrected chi connectivity index (χ2v) is 4.31. The molecule has 2 aromatic heterocycles. The minimum absolute atomic E-state index is 0.0793. The summed E-state index contributed by atoms with van der Waals surface area (Å²) < 4.78 is 2.22. The molecule has 2 heterocycles. The predicted octanol–water partition coefficient (Wildman–Crippen LogP) is 1.91. The van der Waals surface area contributed by atoms with E-state index in [4.69, 9.17) is 0 Å². The number of fused-ring (bicyclic) bond motifs is 1. The number of nitrogens with one attached hydrogen (secondary N) is 1. The van der Waals surface area contributed by atoms with Crippen molar-refractivity contribution in [2.24, 2.45) is 0 Å². The lowest BCUT2D eigenvalue weighted by Crippen LogP contribution is -2.15. The Bertz CT molecular complexity index is 526. The van der Waals surface area contributed by atoms with E-state index in [-0.39, 0.29) is 11.5 Å². The van der Waals surface area contributed by atoms with Gasteiger partial charge in [-0.2, -0.15) is 0 Å². The Hall–Kier alpha value is -1.10. The highest BCUT2D eigenvalue weighted by Gasteiger charge is 2.08. The average molecular weight is 256 g/mol. The summed E-state index contributed by atoms with van der Waals surface area (Å²) in [6.45, 7) is 4.03. The molecule has 0 aliphatic carbocycles. The van der Waals surface area contributed by atoms with Crippen LogP contribution in [0.2, 0.25) is 0 Å². The van der Waals surface area contributed by atoms with Crippen molar-refractivity contribution in [1.82, 2.24) is 14.6 Å². The quantitative estimate of drug-likeness (QED) is 0.847. The Morgan fingerprint density at radius 2 is 2.29 bits per heavy atom. The second kappa shape index (κ2) is 3.24. The maximum Gasteiger partial charge on any atom is 0.272 e. The van der Waals surface area contributed by atoms with Crippen LogP contribution in [0.1, 0.15) is 25.5 Å². The molecule has 4 nitrogen and oxygen atoms in total. The molecule has 0 atom stereocenters. The van der Waals surface area contributed by atoms with Gasteiger partial charge in [0, 0.05) is 12.3 Å². The van der Waals surface area contributed by atoms with Gasteiger partial charge in [0.25, 0.3) is 5.56 Å². The molecule has 14 heavy (non-hydrogen) atoms. The van der Waals surface area contributed by atoms with Crippen molar-refractivity contribution < 1.29 is 0 Å². The fraction of sp³-hybridized carbons (Fsp3) is 0.333. The monoisotopic (exact) mass is 255 g/mol. The Morgan fingerprint density at radius 3 is 2.93 bits per heavy atom. The van der Waals surface area contributed by atoms with Gasteiger partial charge in [-0.05, 0) is 21.8 Å². The van der Waals surface area contributed by atoms with E-state index in [9.17, 15) is 4.79 Å². The van der Waals surface area contributed by atoms with E-state index in [1.54, 1.807) is 12.3 Å². The number of nitrogens with zero attached hydrogens (tertiary/aromatic N) is 2. The van der Waals surface area contributed by atoms with Crippen LogP contribution in [0.4, 0.5) is 0 Å². The molecule has 0 aliphatic rings. The summed E-state index contributed by atoms with van der Waals surface area (Å²) in [7, 11) is 0. The highest BCUT2D eigenvalue weighted by Crippen LogP contribution is 2.16. The number of H-pyrrole nitrogens is 1. The topological polar surface area (TPSA) is 50.2 Å². The second-order valence-electron chi connectivity index (χ2n) is 3.45. The smallest absolute Gasteiger partial charge is 0.272 e. The largest absolute Gasteiger partial charge is 0.296 e. The van der Waals surface area contributed by atoms with E-state index in [1.807, 2.05) is 13.8 Å². The van der Waals surface area contributed by atoms with Gasteiger partial charge in [0.05, 0.1) is 10.2 Å². The lowest BCUT2D eigenvalue weighted by molar-refractivity contribution is 0.796. The third-order valence-corrected chi connectivity index (χ3v) is 2.65. The molecule has 74 valence electrons. The maximum atomic E-state index is 11.6. The van der Waals surface area contributed by atoms with Crippen LogP contribution in [-0.4, -0.2) is 14.6 Å². The first-order valence-corrected chi connectivity index (χ1v) is 5.15. The number of halogens is 1. The molecule has 0 spiro atoms. The zero-order valence-electron chi connectivity index (χ0n) is 7.91. The van der Waals surface area contributed by atoms with Gasteiger partial charge in [-0.15, -0.1) is 0 Å². The van der Waals surface area contributed by atoms with Gasteiger partial charge in [0.1, 0.15) is 0 Å². The molecule has 0 fully saturated rings. The van der Waals surface area contributed by atoms with Gasteiger partial charge in [-0.1, -0.05) is 13.8 Å². The van der Waals surface area contributed by atoms with Crippen molar-refractivity contribution >= 4 is 21.6 Å². The highest BCUT2D eigenvalue weighted by molar-refractivity contribution is 9.10. The summed E-state index contributed by atoms with van der Waals surface area (Å²) in [5, 5.41) is 2.82. The first-order valence-electron chi connectivity index (χ1n) is 4.36. The molecule has 5 heteroatoms. The fourth-order valence-corrected chi connectivity index (χ4v) is 1.63. The molecule has 0 unspecified atom stereocenters. The molecular weight excluding hydrogens is 246 g/mol. The van der Waals surface area contributed by atoms with Gasteiger partial charge in [-0.3, -0.25) is 9.89 Å². The number of hydrogen-bond acceptors (Lipinski definition) is 2. The van der Waals surface area contributed by atoms with E-state index in [0.29, 0.717) is 5.65 Å². The molecule has 0 aromatic carbocycles. The number of rotatable bonds is 1. The zero-order chi connectivity index (χ0) is 10.3. The molecule has 0 saturated carbocycles. The maximum absolute atomic E-state index is 11.6. The lowest BCUT2D eigenvalue weighted by Gasteiger charge is -2.03. The summed E-state index contributed by atoms with van der Waals surface area (Å²) in [5.41, 5.74) is 1.38. The van der Waals surface area contributed by atoms with Crippen LogP contribution in [0.3, 0.4) is 0 Å². The summed E-state index contributed by atoms with van der Waals surface area (Å²) in [6, 6.07) is 1.56. The highest BCUT2D eigenvalue weighted by atomic mass is 79.9. The zero-order valence-corrected chi connectivity index (χ0v) is 9.50. The van der Waals surface area contributed by atoms with Crippen molar-refractivity contribution in [2.45, 2.75) is 19.8 Å². The molecule has 0 bridgehead atoms. The molecule has 0 saturated heterocycles. The normalized spacial score (nSPS) is 11.4. The molecule has 0 amide bonds. The third-order valence-electron chi connectivity index (χ3n) is 2.06.